The van der Waals surface area contributed by atoms with Crippen LogP contribution < -0.4 is 5.32 Å². The summed E-state index contributed by atoms with van der Waals surface area (Å²) in [7, 11) is 2.08. The minimum Gasteiger partial charge on any atom is -0.336 e. The average Bonchev–Trinajstić information content (AvgIpc) is 3.14. The smallest absolute Gasteiger partial charge is 0.131 e. The standard InChI is InChI=1S/C17H25N3S/c1-13-6-3-4-7-14(13)12-19-16(15-8-5-11-21-15)17-18-9-10-20(17)2/h5,8-11,13-14,16,19H,3-4,6-7,12H2,1-2H3. The first-order valence-corrected chi connectivity index (χ1v) is 8.87. The molecular formula is C17H25N3S. The molecule has 3 atom stereocenters. The molecule has 3 nitrogen and oxygen atoms in total. The molecule has 0 aromatic carbocycles. The predicted molar refractivity (Wildman–Crippen MR) is 88.5 cm³/mol. The lowest BCUT2D eigenvalue weighted by Gasteiger charge is -2.30. The van der Waals surface area contributed by atoms with Crippen LogP contribution in [0.15, 0.2) is 29.9 Å². The molecule has 1 saturated carbocycles. The first-order valence-electron chi connectivity index (χ1n) is 7.99. The maximum absolute atomic E-state index is 4.56. The maximum Gasteiger partial charge on any atom is 0.131 e. The van der Waals surface area contributed by atoms with Crippen LogP contribution in [0.5, 0.6) is 0 Å². The molecule has 4 heteroatoms. The van der Waals surface area contributed by atoms with Gasteiger partial charge in [-0.1, -0.05) is 32.3 Å². The lowest BCUT2D eigenvalue weighted by molar-refractivity contribution is 0.243. The molecule has 1 fully saturated rings. The zero-order valence-corrected chi connectivity index (χ0v) is 13.8. The molecule has 1 N–H and O–H groups in total. The van der Waals surface area contributed by atoms with Gasteiger partial charge >= 0.3 is 0 Å². The maximum atomic E-state index is 4.56. The molecule has 2 aromatic rings. The van der Waals surface area contributed by atoms with E-state index in [1.54, 1.807) is 0 Å². The third-order valence-corrected chi connectivity index (χ3v) is 5.75. The van der Waals surface area contributed by atoms with E-state index in [1.807, 2.05) is 23.7 Å². The minimum atomic E-state index is 0.221. The second kappa shape index (κ2) is 6.75. The van der Waals surface area contributed by atoms with E-state index in [4.69, 9.17) is 0 Å². The highest BCUT2D eigenvalue weighted by molar-refractivity contribution is 7.10. The van der Waals surface area contributed by atoms with Crippen molar-refractivity contribution in [3.63, 3.8) is 0 Å². The molecule has 2 aromatic heterocycles. The van der Waals surface area contributed by atoms with Gasteiger partial charge in [-0.3, -0.25) is 0 Å². The van der Waals surface area contributed by atoms with Crippen LogP contribution in [-0.2, 0) is 7.05 Å². The Balaban J connectivity index is 1.73. The molecule has 1 aliphatic rings. The van der Waals surface area contributed by atoms with Crippen molar-refractivity contribution < 1.29 is 0 Å². The van der Waals surface area contributed by atoms with Gasteiger partial charge in [-0.25, -0.2) is 4.98 Å². The van der Waals surface area contributed by atoms with Crippen molar-refractivity contribution in [1.82, 2.24) is 14.9 Å². The lowest BCUT2D eigenvalue weighted by Crippen LogP contribution is -2.33. The number of rotatable bonds is 5. The first-order chi connectivity index (χ1) is 10.3. The zero-order chi connectivity index (χ0) is 14.7. The van der Waals surface area contributed by atoms with Gasteiger partial charge < -0.3 is 9.88 Å². The van der Waals surface area contributed by atoms with Crippen LogP contribution in [0, 0.1) is 11.8 Å². The Morgan fingerprint density at radius 3 is 2.95 bits per heavy atom. The topological polar surface area (TPSA) is 29.9 Å². The average molecular weight is 303 g/mol. The van der Waals surface area contributed by atoms with Gasteiger partial charge in [0.2, 0.25) is 0 Å². The number of aryl methyl sites for hydroxylation is 1. The molecule has 0 saturated heterocycles. The Hall–Kier alpha value is -1.13. The van der Waals surface area contributed by atoms with Crippen LogP contribution in [0.25, 0.3) is 0 Å². The fourth-order valence-electron chi connectivity index (χ4n) is 3.40. The fourth-order valence-corrected chi connectivity index (χ4v) is 4.19. The highest BCUT2D eigenvalue weighted by Crippen LogP contribution is 2.31. The summed E-state index contributed by atoms with van der Waals surface area (Å²) >= 11 is 1.81. The van der Waals surface area contributed by atoms with Crippen LogP contribution in [-0.4, -0.2) is 16.1 Å². The minimum absolute atomic E-state index is 0.221. The summed E-state index contributed by atoms with van der Waals surface area (Å²) in [5.41, 5.74) is 0. The van der Waals surface area contributed by atoms with E-state index in [0.29, 0.717) is 0 Å². The number of nitrogens with one attached hydrogen (secondary N) is 1. The summed E-state index contributed by atoms with van der Waals surface area (Å²) in [4.78, 5) is 5.92. The van der Waals surface area contributed by atoms with Gasteiger partial charge in [-0.15, -0.1) is 11.3 Å². The molecule has 0 bridgehead atoms. The fraction of sp³-hybridized carbons (Fsp3) is 0.588. The van der Waals surface area contributed by atoms with E-state index in [-0.39, 0.29) is 6.04 Å². The van der Waals surface area contributed by atoms with Crippen molar-refractivity contribution in [3.05, 3.63) is 40.6 Å². The van der Waals surface area contributed by atoms with E-state index in [0.717, 1.165) is 24.2 Å². The van der Waals surface area contributed by atoms with E-state index in [2.05, 4.69) is 46.4 Å². The Kier molecular flexibility index (Phi) is 4.76. The summed E-state index contributed by atoms with van der Waals surface area (Å²) in [5.74, 6) is 2.76. The first kappa shape index (κ1) is 14.8. The van der Waals surface area contributed by atoms with Crippen LogP contribution in [0.1, 0.15) is 49.4 Å². The van der Waals surface area contributed by atoms with Crippen molar-refractivity contribution in [2.24, 2.45) is 18.9 Å². The van der Waals surface area contributed by atoms with Gasteiger partial charge in [0, 0.05) is 24.3 Å². The van der Waals surface area contributed by atoms with Gasteiger partial charge in [0.05, 0.1) is 0 Å². The van der Waals surface area contributed by atoms with Crippen molar-refractivity contribution in [2.45, 2.75) is 38.6 Å². The summed E-state index contributed by atoms with van der Waals surface area (Å²) in [6.45, 7) is 3.50. The number of hydrogen-bond acceptors (Lipinski definition) is 3. The molecule has 0 spiro atoms. The van der Waals surface area contributed by atoms with E-state index < -0.39 is 0 Å². The van der Waals surface area contributed by atoms with Crippen molar-refractivity contribution in [2.75, 3.05) is 6.54 Å². The van der Waals surface area contributed by atoms with Gasteiger partial charge in [-0.2, -0.15) is 0 Å². The van der Waals surface area contributed by atoms with E-state index >= 15 is 0 Å². The number of hydrogen-bond donors (Lipinski definition) is 1. The summed E-state index contributed by atoms with van der Waals surface area (Å²) in [6.07, 6.45) is 9.47. The highest BCUT2D eigenvalue weighted by Gasteiger charge is 2.24. The molecule has 21 heavy (non-hydrogen) atoms. The SMILES string of the molecule is CC1CCCCC1CNC(c1cccs1)c1nccn1C. The number of aromatic nitrogens is 2. The normalized spacial score (nSPS) is 24.1. The monoisotopic (exact) mass is 303 g/mol. The second-order valence-corrected chi connectivity index (χ2v) is 7.25. The Morgan fingerprint density at radius 2 is 2.29 bits per heavy atom. The Labute approximate surface area is 131 Å². The molecule has 1 aliphatic carbocycles. The molecule has 3 unspecified atom stereocenters. The molecule has 114 valence electrons. The van der Waals surface area contributed by atoms with Crippen molar-refractivity contribution in [1.29, 1.82) is 0 Å². The summed E-state index contributed by atoms with van der Waals surface area (Å²) < 4.78 is 2.13. The summed E-state index contributed by atoms with van der Waals surface area (Å²) in [5, 5.41) is 5.94. The highest BCUT2D eigenvalue weighted by atomic mass is 32.1. The largest absolute Gasteiger partial charge is 0.336 e. The second-order valence-electron chi connectivity index (χ2n) is 6.27. The predicted octanol–water partition coefficient (Wildman–Crippen LogP) is 3.99. The van der Waals surface area contributed by atoms with E-state index in [9.17, 15) is 0 Å². The number of imidazole rings is 1. The lowest BCUT2D eigenvalue weighted by atomic mass is 9.80. The molecule has 3 rings (SSSR count). The molecular weight excluding hydrogens is 278 g/mol. The number of thiophene rings is 1. The van der Waals surface area contributed by atoms with Crippen LogP contribution in [0.3, 0.4) is 0 Å². The molecule has 0 amide bonds. The number of nitrogens with zero attached hydrogens (tertiary/aromatic N) is 2. The van der Waals surface area contributed by atoms with E-state index in [1.165, 1.54) is 30.6 Å². The van der Waals surface area contributed by atoms with Gasteiger partial charge in [0.25, 0.3) is 0 Å². The molecule has 2 heterocycles. The molecule has 0 radical (unpaired) electrons. The van der Waals surface area contributed by atoms with Crippen molar-refractivity contribution >= 4 is 11.3 Å². The third kappa shape index (κ3) is 3.38. The third-order valence-electron chi connectivity index (χ3n) is 4.82. The van der Waals surface area contributed by atoms with Crippen LogP contribution in [0.4, 0.5) is 0 Å². The van der Waals surface area contributed by atoms with Gasteiger partial charge in [0.1, 0.15) is 11.9 Å². The Bertz CT molecular complexity index is 546. The Morgan fingerprint density at radius 1 is 1.43 bits per heavy atom. The van der Waals surface area contributed by atoms with Gasteiger partial charge in [-0.05, 0) is 36.2 Å². The molecule has 0 aliphatic heterocycles. The zero-order valence-electron chi connectivity index (χ0n) is 13.0. The summed E-state index contributed by atoms with van der Waals surface area (Å²) in [6, 6.07) is 4.56. The van der Waals surface area contributed by atoms with Crippen LogP contribution in [0.2, 0.25) is 0 Å². The quantitative estimate of drug-likeness (QED) is 0.905. The van der Waals surface area contributed by atoms with Gasteiger partial charge in [0.15, 0.2) is 0 Å². The van der Waals surface area contributed by atoms with Crippen molar-refractivity contribution in [3.8, 4) is 0 Å². The van der Waals surface area contributed by atoms with Crippen LogP contribution >= 0.6 is 11.3 Å².